The first-order valence-corrected chi connectivity index (χ1v) is 6.06. The molecule has 0 saturated carbocycles. The fourth-order valence-electron chi connectivity index (χ4n) is 1.75. The molecule has 19 heavy (non-hydrogen) atoms. The van der Waals surface area contributed by atoms with Gasteiger partial charge in [-0.2, -0.15) is 0 Å². The molecule has 2 aromatic rings. The molecule has 0 aliphatic rings. The predicted octanol–water partition coefficient (Wildman–Crippen LogP) is 3.82. The largest absolute Gasteiger partial charge is 0.373 e. The maximum atomic E-state index is 10.9. The smallest absolute Gasteiger partial charge is 0.310 e. The zero-order valence-corrected chi connectivity index (χ0v) is 11.0. The maximum Gasteiger partial charge on any atom is 0.310 e. The highest BCUT2D eigenvalue weighted by atomic mass is 35.5. The summed E-state index contributed by atoms with van der Waals surface area (Å²) in [6.07, 6.45) is 2.74. The van der Waals surface area contributed by atoms with Gasteiger partial charge in [-0.1, -0.05) is 23.7 Å². The van der Waals surface area contributed by atoms with Crippen LogP contribution in [-0.4, -0.2) is 9.91 Å². The van der Waals surface area contributed by atoms with Crippen molar-refractivity contribution in [2.24, 2.45) is 0 Å². The summed E-state index contributed by atoms with van der Waals surface area (Å²) >= 11 is 5.93. The molecule has 5 nitrogen and oxygen atoms in total. The number of hydrogen-bond donors (Lipinski definition) is 1. The summed E-state index contributed by atoms with van der Waals surface area (Å²) in [4.78, 5) is 14.2. The Hall–Kier alpha value is -2.14. The van der Waals surface area contributed by atoms with Crippen molar-refractivity contribution in [2.45, 2.75) is 13.0 Å². The van der Waals surface area contributed by atoms with Crippen LogP contribution in [0.5, 0.6) is 0 Å². The van der Waals surface area contributed by atoms with Crippen LogP contribution >= 0.6 is 11.6 Å². The summed E-state index contributed by atoms with van der Waals surface area (Å²) in [7, 11) is 0. The zero-order chi connectivity index (χ0) is 13.8. The number of aromatic nitrogens is 1. The number of anilines is 1. The number of halogens is 1. The number of hydrogen-bond acceptors (Lipinski definition) is 4. The van der Waals surface area contributed by atoms with Crippen molar-refractivity contribution in [1.29, 1.82) is 0 Å². The van der Waals surface area contributed by atoms with E-state index in [0.29, 0.717) is 10.7 Å². The van der Waals surface area contributed by atoms with Gasteiger partial charge in [0.15, 0.2) is 0 Å². The minimum atomic E-state index is -0.458. The van der Waals surface area contributed by atoms with Gasteiger partial charge in [0.2, 0.25) is 0 Å². The van der Waals surface area contributed by atoms with Gasteiger partial charge in [-0.05, 0) is 30.7 Å². The number of pyridine rings is 1. The Morgan fingerprint density at radius 2 is 2.21 bits per heavy atom. The van der Waals surface area contributed by atoms with Gasteiger partial charge in [0.25, 0.3) is 0 Å². The molecule has 1 aromatic carbocycles. The summed E-state index contributed by atoms with van der Waals surface area (Å²) in [6.45, 7) is 1.91. The standard InChI is InChI=1S/C13H12ClN3O2/c1-9(10-3-2-4-11(14)7-10)16-12-5-6-15-8-13(12)17(18)19/h2-9H,1H3,(H,15,16). The van der Waals surface area contributed by atoms with Gasteiger partial charge >= 0.3 is 5.69 Å². The lowest BCUT2D eigenvalue weighted by molar-refractivity contribution is -0.384. The molecule has 2 rings (SSSR count). The molecule has 0 aliphatic carbocycles. The average molecular weight is 278 g/mol. The SMILES string of the molecule is CC(Nc1ccncc1[N+](=O)[O-])c1cccc(Cl)c1. The van der Waals surface area contributed by atoms with E-state index in [2.05, 4.69) is 10.3 Å². The van der Waals surface area contributed by atoms with Crippen LogP contribution in [0.1, 0.15) is 18.5 Å². The molecule has 0 amide bonds. The van der Waals surface area contributed by atoms with Crippen LogP contribution in [0.2, 0.25) is 5.02 Å². The molecular weight excluding hydrogens is 266 g/mol. The van der Waals surface area contributed by atoms with Crippen molar-refractivity contribution in [3.63, 3.8) is 0 Å². The number of benzene rings is 1. The third-order valence-corrected chi connectivity index (χ3v) is 2.95. The Bertz CT molecular complexity index is 604. The Morgan fingerprint density at radius 3 is 2.89 bits per heavy atom. The molecule has 1 heterocycles. The highest BCUT2D eigenvalue weighted by Crippen LogP contribution is 2.27. The third kappa shape index (κ3) is 3.20. The van der Waals surface area contributed by atoms with E-state index in [4.69, 9.17) is 11.6 Å². The monoisotopic (exact) mass is 277 g/mol. The number of rotatable bonds is 4. The quantitative estimate of drug-likeness (QED) is 0.681. The summed E-state index contributed by atoms with van der Waals surface area (Å²) < 4.78 is 0. The van der Waals surface area contributed by atoms with Crippen molar-refractivity contribution < 1.29 is 4.92 Å². The second-order valence-corrected chi connectivity index (χ2v) is 4.51. The number of nitro groups is 1. The Balaban J connectivity index is 2.24. The molecule has 6 heteroatoms. The second kappa shape index (κ2) is 5.67. The molecule has 1 aromatic heterocycles. The van der Waals surface area contributed by atoms with Crippen LogP contribution < -0.4 is 5.32 Å². The lowest BCUT2D eigenvalue weighted by Crippen LogP contribution is -2.08. The summed E-state index contributed by atoms with van der Waals surface area (Å²) in [6, 6.07) is 8.85. The van der Waals surface area contributed by atoms with Crippen molar-refractivity contribution >= 4 is 23.0 Å². The minimum Gasteiger partial charge on any atom is -0.373 e. The molecule has 98 valence electrons. The molecule has 0 saturated heterocycles. The van der Waals surface area contributed by atoms with Crippen LogP contribution in [-0.2, 0) is 0 Å². The van der Waals surface area contributed by atoms with E-state index in [-0.39, 0.29) is 11.7 Å². The Morgan fingerprint density at radius 1 is 1.42 bits per heavy atom. The van der Waals surface area contributed by atoms with Gasteiger partial charge < -0.3 is 5.32 Å². The van der Waals surface area contributed by atoms with E-state index < -0.39 is 4.92 Å². The number of nitrogens with one attached hydrogen (secondary N) is 1. The van der Waals surface area contributed by atoms with Crippen LogP contribution in [0.3, 0.4) is 0 Å². The molecular formula is C13H12ClN3O2. The minimum absolute atomic E-state index is 0.0450. The van der Waals surface area contributed by atoms with Gasteiger partial charge in [0, 0.05) is 17.3 Å². The van der Waals surface area contributed by atoms with Crippen molar-refractivity contribution in [1.82, 2.24) is 4.98 Å². The van der Waals surface area contributed by atoms with E-state index in [1.54, 1.807) is 12.1 Å². The van der Waals surface area contributed by atoms with Crippen molar-refractivity contribution in [3.05, 3.63) is 63.4 Å². The molecule has 1 unspecified atom stereocenters. The first-order valence-electron chi connectivity index (χ1n) is 5.68. The zero-order valence-electron chi connectivity index (χ0n) is 10.2. The third-order valence-electron chi connectivity index (χ3n) is 2.72. The molecule has 1 atom stereocenters. The fourth-order valence-corrected chi connectivity index (χ4v) is 1.94. The number of nitrogens with zero attached hydrogens (tertiary/aromatic N) is 2. The highest BCUT2D eigenvalue weighted by molar-refractivity contribution is 6.30. The van der Waals surface area contributed by atoms with Crippen LogP contribution in [0, 0.1) is 10.1 Å². The predicted molar refractivity (Wildman–Crippen MR) is 74.4 cm³/mol. The first kappa shape index (κ1) is 13.3. The lowest BCUT2D eigenvalue weighted by Gasteiger charge is -2.15. The summed E-state index contributed by atoms with van der Waals surface area (Å²) in [5.41, 5.74) is 1.35. The molecule has 0 spiro atoms. The van der Waals surface area contributed by atoms with Crippen LogP contribution in [0.4, 0.5) is 11.4 Å². The second-order valence-electron chi connectivity index (χ2n) is 4.07. The van der Waals surface area contributed by atoms with E-state index >= 15 is 0 Å². The Labute approximate surface area is 115 Å². The lowest BCUT2D eigenvalue weighted by atomic mass is 10.1. The Kier molecular flexibility index (Phi) is 3.97. The maximum absolute atomic E-state index is 10.9. The van der Waals surface area contributed by atoms with Gasteiger partial charge in [-0.15, -0.1) is 0 Å². The topological polar surface area (TPSA) is 68.1 Å². The first-order chi connectivity index (χ1) is 9.08. The van der Waals surface area contributed by atoms with Crippen molar-refractivity contribution in [3.8, 4) is 0 Å². The normalized spacial score (nSPS) is 11.9. The molecule has 1 N–H and O–H groups in total. The molecule has 0 bridgehead atoms. The molecule has 0 aliphatic heterocycles. The molecule has 0 radical (unpaired) electrons. The highest BCUT2D eigenvalue weighted by Gasteiger charge is 2.15. The van der Waals surface area contributed by atoms with Gasteiger partial charge in [0.1, 0.15) is 11.9 Å². The average Bonchev–Trinajstić information content (AvgIpc) is 2.39. The van der Waals surface area contributed by atoms with E-state index in [1.165, 1.54) is 12.4 Å². The van der Waals surface area contributed by atoms with Crippen LogP contribution in [0.15, 0.2) is 42.7 Å². The summed E-state index contributed by atoms with van der Waals surface area (Å²) in [5.74, 6) is 0. The van der Waals surface area contributed by atoms with Gasteiger partial charge in [-0.3, -0.25) is 15.1 Å². The van der Waals surface area contributed by atoms with Gasteiger partial charge in [-0.25, -0.2) is 0 Å². The van der Waals surface area contributed by atoms with Gasteiger partial charge in [0.05, 0.1) is 4.92 Å². The van der Waals surface area contributed by atoms with E-state index in [0.717, 1.165) is 5.56 Å². The van der Waals surface area contributed by atoms with Crippen LogP contribution in [0.25, 0.3) is 0 Å². The fraction of sp³-hybridized carbons (Fsp3) is 0.154. The molecule has 0 fully saturated rings. The van der Waals surface area contributed by atoms with Crippen molar-refractivity contribution in [2.75, 3.05) is 5.32 Å². The van der Waals surface area contributed by atoms with E-state index in [1.807, 2.05) is 25.1 Å². The summed E-state index contributed by atoms with van der Waals surface area (Å²) in [5, 5.41) is 14.6. The van der Waals surface area contributed by atoms with E-state index in [9.17, 15) is 10.1 Å².